The molecule has 0 heterocycles. The molecule has 0 aromatic rings. The molecular formula is C9H19BrNO4+. The molecule has 15 heavy (non-hydrogen) atoms. The number of halogens is 1. The number of rotatable bonds is 8. The molecule has 3 N–H and O–H groups in total. The Labute approximate surface area is 98.1 Å². The molecule has 0 saturated heterocycles. The Morgan fingerprint density at radius 2 is 1.87 bits per heavy atom. The quantitative estimate of drug-likeness (QED) is 0.363. The van der Waals surface area contributed by atoms with Crippen LogP contribution in [-0.2, 0) is 9.53 Å². The molecule has 0 aromatic heterocycles. The van der Waals surface area contributed by atoms with E-state index in [4.69, 9.17) is 14.9 Å². The fourth-order valence-corrected chi connectivity index (χ4v) is 1.23. The predicted molar refractivity (Wildman–Crippen MR) is 59.1 cm³/mol. The second-order valence-corrected chi connectivity index (χ2v) is 4.60. The zero-order valence-electron chi connectivity index (χ0n) is 8.91. The van der Waals surface area contributed by atoms with Crippen molar-refractivity contribution in [3.8, 4) is 0 Å². The molecule has 0 aliphatic heterocycles. The second-order valence-electron chi connectivity index (χ2n) is 3.23. The molecular weight excluding hydrogens is 266 g/mol. The fourth-order valence-electron chi connectivity index (χ4n) is 1.10. The van der Waals surface area contributed by atoms with Gasteiger partial charge in [-0.3, -0.25) is 4.79 Å². The number of esters is 1. The van der Waals surface area contributed by atoms with Crippen LogP contribution in [0.25, 0.3) is 0 Å². The Morgan fingerprint density at radius 3 is 2.27 bits per heavy atom. The summed E-state index contributed by atoms with van der Waals surface area (Å²) in [4.78, 5) is 11.8. The minimum Gasteiger partial charge on any atom is -0.459 e. The minimum absolute atomic E-state index is 0.0676. The lowest BCUT2D eigenvalue weighted by molar-refractivity contribution is -0.900. The Hall–Kier alpha value is -0.170. The molecule has 90 valence electrons. The summed E-state index contributed by atoms with van der Waals surface area (Å²) in [7, 11) is 0. The average Bonchev–Trinajstić information content (AvgIpc) is 2.18. The average molecular weight is 285 g/mol. The van der Waals surface area contributed by atoms with Crippen LogP contribution in [0.5, 0.6) is 0 Å². The first-order valence-electron chi connectivity index (χ1n) is 4.97. The summed E-state index contributed by atoms with van der Waals surface area (Å²) in [6, 6.07) is 0. The lowest BCUT2D eigenvalue weighted by Crippen LogP contribution is -3.13. The summed E-state index contributed by atoms with van der Waals surface area (Å²) in [5.41, 5.74) is 0. The third kappa shape index (κ3) is 7.72. The highest BCUT2D eigenvalue weighted by molar-refractivity contribution is 9.10. The highest BCUT2D eigenvalue weighted by atomic mass is 79.9. The molecule has 0 aromatic carbocycles. The number of alkyl halides is 1. The van der Waals surface area contributed by atoms with Crippen molar-refractivity contribution in [3.63, 3.8) is 0 Å². The topological polar surface area (TPSA) is 71.2 Å². The van der Waals surface area contributed by atoms with Crippen LogP contribution in [0.1, 0.15) is 6.92 Å². The lowest BCUT2D eigenvalue weighted by Gasteiger charge is -2.17. The van der Waals surface area contributed by atoms with Gasteiger partial charge in [-0.2, -0.15) is 0 Å². The van der Waals surface area contributed by atoms with Gasteiger partial charge in [0.2, 0.25) is 0 Å². The molecule has 0 spiro atoms. The number of quaternary nitrogens is 1. The summed E-state index contributed by atoms with van der Waals surface area (Å²) in [5.74, 6) is -0.289. The van der Waals surface area contributed by atoms with Crippen LogP contribution in [0, 0.1) is 0 Å². The van der Waals surface area contributed by atoms with Crippen molar-refractivity contribution in [2.75, 3.05) is 39.5 Å². The molecule has 0 saturated carbocycles. The van der Waals surface area contributed by atoms with Crippen molar-refractivity contribution in [3.05, 3.63) is 0 Å². The normalized spacial score (nSPS) is 12.9. The Kier molecular flexibility index (Phi) is 8.98. The van der Waals surface area contributed by atoms with Gasteiger partial charge in [0.1, 0.15) is 31.1 Å². The minimum atomic E-state index is -0.295. The number of nitrogens with one attached hydrogen (secondary N) is 1. The van der Waals surface area contributed by atoms with E-state index < -0.39 is 0 Å². The number of aliphatic hydroxyl groups is 2. The maximum Gasteiger partial charge on any atom is 0.319 e. The van der Waals surface area contributed by atoms with E-state index in [-0.39, 0.29) is 24.0 Å². The summed E-state index contributed by atoms with van der Waals surface area (Å²) >= 11 is 3.11. The molecule has 0 rings (SSSR count). The Bertz CT molecular complexity index is 171. The van der Waals surface area contributed by atoms with Crippen LogP contribution in [0.4, 0.5) is 0 Å². The van der Waals surface area contributed by atoms with Gasteiger partial charge in [0, 0.05) is 0 Å². The van der Waals surface area contributed by atoms with Crippen LogP contribution in [0.2, 0.25) is 0 Å². The fraction of sp³-hybridized carbons (Fsp3) is 0.889. The Balaban J connectivity index is 3.65. The van der Waals surface area contributed by atoms with Gasteiger partial charge >= 0.3 is 5.97 Å². The smallest absolute Gasteiger partial charge is 0.319 e. The van der Waals surface area contributed by atoms with E-state index in [9.17, 15) is 4.79 Å². The van der Waals surface area contributed by atoms with Crippen molar-refractivity contribution >= 4 is 21.9 Å². The molecule has 0 aliphatic carbocycles. The summed E-state index contributed by atoms with van der Waals surface area (Å²) in [5, 5.41) is 17.5. The van der Waals surface area contributed by atoms with Crippen LogP contribution >= 0.6 is 15.9 Å². The number of hydrogen-bond donors (Lipinski definition) is 3. The van der Waals surface area contributed by atoms with E-state index in [2.05, 4.69) is 15.9 Å². The van der Waals surface area contributed by atoms with Crippen LogP contribution in [0.15, 0.2) is 0 Å². The molecule has 5 nitrogen and oxygen atoms in total. The maximum absolute atomic E-state index is 11.1. The number of hydrogen-bond acceptors (Lipinski definition) is 4. The maximum atomic E-state index is 11.1. The van der Waals surface area contributed by atoms with Gasteiger partial charge in [0.05, 0.1) is 13.2 Å². The summed E-state index contributed by atoms with van der Waals surface area (Å²) in [6.07, 6.45) is 0. The van der Waals surface area contributed by atoms with Gasteiger partial charge in [0.15, 0.2) is 0 Å². The summed E-state index contributed by atoms with van der Waals surface area (Å²) in [6.45, 7) is 3.87. The highest BCUT2D eigenvalue weighted by Crippen LogP contribution is 1.98. The second kappa shape index (κ2) is 9.08. The zero-order chi connectivity index (χ0) is 11.7. The van der Waals surface area contributed by atoms with Gasteiger partial charge in [-0.15, -0.1) is 0 Å². The standard InChI is InChI=1S/C9H18BrNO4/c1-8(10)9(14)15-7-4-11(2-5-12)3-6-13/h8,12-13H,2-7H2,1H3/p+1. The first-order valence-corrected chi connectivity index (χ1v) is 5.89. The van der Waals surface area contributed by atoms with Crippen LogP contribution < -0.4 is 4.90 Å². The number of aliphatic hydroxyl groups excluding tert-OH is 2. The molecule has 0 radical (unpaired) electrons. The first kappa shape index (κ1) is 14.8. The van der Waals surface area contributed by atoms with E-state index >= 15 is 0 Å². The number of carbonyl (C=O) groups is 1. The van der Waals surface area contributed by atoms with Gasteiger partial charge < -0.3 is 19.8 Å². The summed E-state index contributed by atoms with van der Waals surface area (Å²) < 4.78 is 4.96. The van der Waals surface area contributed by atoms with E-state index in [0.717, 1.165) is 4.90 Å². The van der Waals surface area contributed by atoms with Crippen molar-refractivity contribution in [1.82, 2.24) is 0 Å². The molecule has 0 bridgehead atoms. The molecule has 0 fully saturated rings. The van der Waals surface area contributed by atoms with Gasteiger partial charge in [0.25, 0.3) is 0 Å². The number of carbonyl (C=O) groups excluding carboxylic acids is 1. The van der Waals surface area contributed by atoms with Crippen molar-refractivity contribution in [1.29, 1.82) is 0 Å². The van der Waals surface area contributed by atoms with Crippen molar-refractivity contribution in [2.45, 2.75) is 11.8 Å². The largest absolute Gasteiger partial charge is 0.459 e. The Morgan fingerprint density at radius 1 is 1.33 bits per heavy atom. The highest BCUT2D eigenvalue weighted by Gasteiger charge is 2.12. The zero-order valence-corrected chi connectivity index (χ0v) is 10.5. The van der Waals surface area contributed by atoms with E-state index in [0.29, 0.717) is 26.2 Å². The first-order chi connectivity index (χ1) is 7.11. The van der Waals surface area contributed by atoms with Crippen molar-refractivity contribution in [2.24, 2.45) is 0 Å². The third-order valence-corrected chi connectivity index (χ3v) is 2.33. The monoisotopic (exact) mass is 284 g/mol. The van der Waals surface area contributed by atoms with Gasteiger partial charge in [-0.05, 0) is 6.92 Å². The van der Waals surface area contributed by atoms with E-state index in [1.54, 1.807) is 6.92 Å². The van der Waals surface area contributed by atoms with E-state index in [1.165, 1.54) is 0 Å². The number of ether oxygens (including phenoxy) is 1. The van der Waals surface area contributed by atoms with Gasteiger partial charge in [-0.1, -0.05) is 15.9 Å². The third-order valence-electron chi connectivity index (χ3n) is 1.96. The molecule has 1 unspecified atom stereocenters. The predicted octanol–water partition coefficient (Wildman–Crippen LogP) is -1.82. The SMILES string of the molecule is CC(Br)C(=O)OCC[NH+](CCO)CCO. The molecule has 6 heteroatoms. The van der Waals surface area contributed by atoms with Crippen LogP contribution in [-0.4, -0.2) is 60.5 Å². The molecule has 1 atom stereocenters. The van der Waals surface area contributed by atoms with Gasteiger partial charge in [-0.25, -0.2) is 0 Å². The molecule has 0 amide bonds. The molecule has 0 aliphatic rings. The van der Waals surface area contributed by atoms with E-state index in [1.807, 2.05) is 0 Å². The van der Waals surface area contributed by atoms with Crippen LogP contribution in [0.3, 0.4) is 0 Å². The van der Waals surface area contributed by atoms with Crippen molar-refractivity contribution < 1.29 is 24.6 Å². The lowest BCUT2D eigenvalue weighted by atomic mass is 10.4.